The van der Waals surface area contributed by atoms with Crippen LogP contribution in [0.1, 0.15) is 37.0 Å². The number of ketones is 1. The Hall–Kier alpha value is -3.03. The molecule has 1 aromatic carbocycles. The number of aromatic nitrogens is 2. The number of carbonyl (C=O) groups is 1. The van der Waals surface area contributed by atoms with E-state index in [1.54, 1.807) is 24.3 Å². The number of nitrogens with zero attached hydrogens (tertiary/aromatic N) is 4. The average Bonchev–Trinajstić information content (AvgIpc) is 2.61. The minimum absolute atomic E-state index is 0.0752. The molecule has 1 saturated heterocycles. The lowest BCUT2D eigenvalue weighted by atomic mass is 10.0. The van der Waals surface area contributed by atoms with Crippen LogP contribution in [0.15, 0.2) is 30.6 Å². The van der Waals surface area contributed by atoms with Crippen molar-refractivity contribution in [3.8, 4) is 0 Å². The normalized spacial score (nSPS) is 17.0. The van der Waals surface area contributed by atoms with Gasteiger partial charge in [-0.1, -0.05) is 19.1 Å². The van der Waals surface area contributed by atoms with Gasteiger partial charge >= 0.3 is 5.69 Å². The number of benzene rings is 1. The molecule has 1 aliphatic rings. The van der Waals surface area contributed by atoms with E-state index >= 15 is 0 Å². The maximum absolute atomic E-state index is 11.7. The summed E-state index contributed by atoms with van der Waals surface area (Å²) in [5.41, 5.74) is 0.948. The Kier molecular flexibility index (Phi) is 5.11. The molecule has 8 heteroatoms. The number of anilines is 3. The van der Waals surface area contributed by atoms with Crippen LogP contribution in [0.25, 0.3) is 0 Å². The Morgan fingerprint density at radius 3 is 2.88 bits per heavy atom. The Morgan fingerprint density at radius 2 is 2.19 bits per heavy atom. The summed E-state index contributed by atoms with van der Waals surface area (Å²) in [4.78, 5) is 33.0. The molecule has 0 saturated carbocycles. The molecule has 1 aliphatic heterocycles. The van der Waals surface area contributed by atoms with Crippen LogP contribution >= 0.6 is 0 Å². The quantitative estimate of drug-likeness (QED) is 0.497. The molecule has 0 spiro atoms. The summed E-state index contributed by atoms with van der Waals surface area (Å²) in [6.45, 7) is 5.08. The van der Waals surface area contributed by atoms with E-state index in [1.807, 2.05) is 4.90 Å². The fraction of sp³-hybridized carbons (Fsp3) is 0.389. The average molecular weight is 355 g/mol. The van der Waals surface area contributed by atoms with Crippen LogP contribution in [0.3, 0.4) is 0 Å². The van der Waals surface area contributed by atoms with E-state index < -0.39 is 4.92 Å². The van der Waals surface area contributed by atoms with Crippen LogP contribution in [0.2, 0.25) is 0 Å². The fourth-order valence-corrected chi connectivity index (χ4v) is 3.19. The van der Waals surface area contributed by atoms with E-state index in [4.69, 9.17) is 0 Å². The predicted molar refractivity (Wildman–Crippen MR) is 99.0 cm³/mol. The first-order valence-corrected chi connectivity index (χ1v) is 8.58. The van der Waals surface area contributed by atoms with Gasteiger partial charge in [-0.05, 0) is 37.8 Å². The van der Waals surface area contributed by atoms with Gasteiger partial charge in [0.25, 0.3) is 0 Å². The lowest BCUT2D eigenvalue weighted by Gasteiger charge is -2.31. The van der Waals surface area contributed by atoms with Gasteiger partial charge < -0.3 is 10.2 Å². The van der Waals surface area contributed by atoms with Gasteiger partial charge in [0.05, 0.1) is 4.92 Å². The number of nitrogens with one attached hydrogen (secondary N) is 1. The first kappa shape index (κ1) is 17.8. The highest BCUT2D eigenvalue weighted by molar-refractivity contribution is 5.95. The SMILES string of the molecule is CC(=O)c1cccc(Nc2ncnc(N3CCCC(C)C3)c2[N+](=O)[O-])c1. The Morgan fingerprint density at radius 1 is 1.38 bits per heavy atom. The monoisotopic (exact) mass is 355 g/mol. The van der Waals surface area contributed by atoms with Crippen molar-refractivity contribution >= 4 is 28.8 Å². The minimum Gasteiger partial charge on any atom is -0.350 e. The number of nitro groups is 1. The van der Waals surface area contributed by atoms with Crippen molar-refractivity contribution in [2.45, 2.75) is 26.7 Å². The third-order valence-electron chi connectivity index (χ3n) is 4.47. The van der Waals surface area contributed by atoms with Gasteiger partial charge in [-0.15, -0.1) is 0 Å². The first-order chi connectivity index (χ1) is 12.5. The molecule has 1 fully saturated rings. The van der Waals surface area contributed by atoms with Crippen LogP contribution < -0.4 is 10.2 Å². The molecule has 8 nitrogen and oxygen atoms in total. The van der Waals surface area contributed by atoms with Crippen molar-refractivity contribution in [1.29, 1.82) is 0 Å². The summed E-state index contributed by atoms with van der Waals surface area (Å²) >= 11 is 0. The zero-order valence-electron chi connectivity index (χ0n) is 14.8. The Labute approximate surface area is 151 Å². The number of carbonyl (C=O) groups excluding carboxylic acids is 1. The van der Waals surface area contributed by atoms with E-state index in [0.717, 1.165) is 25.9 Å². The van der Waals surface area contributed by atoms with E-state index in [1.165, 1.54) is 13.3 Å². The number of rotatable bonds is 5. The topological polar surface area (TPSA) is 101 Å². The molecule has 3 rings (SSSR count). The second kappa shape index (κ2) is 7.47. The second-order valence-electron chi connectivity index (χ2n) is 6.61. The molecule has 26 heavy (non-hydrogen) atoms. The van der Waals surface area contributed by atoms with Crippen molar-refractivity contribution in [1.82, 2.24) is 9.97 Å². The first-order valence-electron chi connectivity index (χ1n) is 8.58. The van der Waals surface area contributed by atoms with E-state index in [0.29, 0.717) is 23.0 Å². The smallest absolute Gasteiger partial charge is 0.350 e. The summed E-state index contributed by atoms with van der Waals surface area (Å²) in [7, 11) is 0. The van der Waals surface area contributed by atoms with Crippen molar-refractivity contribution < 1.29 is 9.72 Å². The van der Waals surface area contributed by atoms with Gasteiger partial charge in [-0.2, -0.15) is 0 Å². The fourth-order valence-electron chi connectivity index (χ4n) is 3.19. The summed E-state index contributed by atoms with van der Waals surface area (Å²) in [6.07, 6.45) is 3.42. The van der Waals surface area contributed by atoms with Gasteiger partial charge in [-0.3, -0.25) is 14.9 Å². The van der Waals surface area contributed by atoms with Crippen molar-refractivity contribution in [3.63, 3.8) is 0 Å². The maximum atomic E-state index is 11.7. The molecule has 1 aromatic heterocycles. The number of piperidine rings is 1. The van der Waals surface area contributed by atoms with Gasteiger partial charge in [0.15, 0.2) is 5.78 Å². The third-order valence-corrected chi connectivity index (χ3v) is 4.47. The minimum atomic E-state index is -0.453. The molecule has 0 radical (unpaired) electrons. The molecular weight excluding hydrogens is 334 g/mol. The zero-order valence-corrected chi connectivity index (χ0v) is 14.8. The van der Waals surface area contributed by atoms with Crippen molar-refractivity contribution in [2.24, 2.45) is 5.92 Å². The van der Waals surface area contributed by atoms with Gasteiger partial charge in [0.1, 0.15) is 6.33 Å². The Balaban J connectivity index is 1.97. The number of Topliss-reactive ketones (excluding diaryl/α,β-unsaturated/α-hetero) is 1. The van der Waals surface area contributed by atoms with Crippen LogP contribution in [-0.4, -0.2) is 33.8 Å². The molecule has 0 aliphatic carbocycles. The van der Waals surface area contributed by atoms with Crippen LogP contribution in [0.4, 0.5) is 23.0 Å². The Bertz CT molecular complexity index is 839. The lowest BCUT2D eigenvalue weighted by molar-refractivity contribution is -0.383. The molecule has 0 bridgehead atoms. The van der Waals surface area contributed by atoms with E-state index in [-0.39, 0.29) is 17.3 Å². The van der Waals surface area contributed by atoms with Crippen LogP contribution in [0.5, 0.6) is 0 Å². The van der Waals surface area contributed by atoms with Crippen LogP contribution in [-0.2, 0) is 0 Å². The highest BCUT2D eigenvalue weighted by Gasteiger charge is 2.29. The van der Waals surface area contributed by atoms with Crippen molar-refractivity contribution in [2.75, 3.05) is 23.3 Å². The number of hydrogen-bond acceptors (Lipinski definition) is 7. The predicted octanol–water partition coefficient (Wildman–Crippen LogP) is 3.57. The maximum Gasteiger partial charge on any atom is 0.353 e. The molecule has 0 amide bonds. The van der Waals surface area contributed by atoms with Crippen molar-refractivity contribution in [3.05, 3.63) is 46.3 Å². The lowest BCUT2D eigenvalue weighted by Crippen LogP contribution is -2.35. The number of hydrogen-bond donors (Lipinski definition) is 1. The van der Waals surface area contributed by atoms with Gasteiger partial charge in [0, 0.05) is 24.3 Å². The summed E-state index contributed by atoms with van der Waals surface area (Å²) in [5, 5.41) is 14.7. The summed E-state index contributed by atoms with van der Waals surface area (Å²) < 4.78 is 0. The molecule has 1 N–H and O–H groups in total. The zero-order chi connectivity index (χ0) is 18.7. The van der Waals surface area contributed by atoms with E-state index in [2.05, 4.69) is 22.2 Å². The molecule has 2 aromatic rings. The highest BCUT2D eigenvalue weighted by atomic mass is 16.6. The highest BCUT2D eigenvalue weighted by Crippen LogP contribution is 2.35. The molecule has 1 unspecified atom stereocenters. The van der Waals surface area contributed by atoms with E-state index in [9.17, 15) is 14.9 Å². The summed E-state index contributed by atoms with van der Waals surface area (Å²) in [6, 6.07) is 6.81. The molecule has 136 valence electrons. The van der Waals surface area contributed by atoms with Gasteiger partial charge in [-0.25, -0.2) is 9.97 Å². The van der Waals surface area contributed by atoms with Gasteiger partial charge in [0.2, 0.25) is 11.6 Å². The molecular formula is C18H21N5O3. The molecule has 1 atom stereocenters. The molecule has 2 heterocycles. The van der Waals surface area contributed by atoms with Crippen LogP contribution in [0, 0.1) is 16.0 Å². The largest absolute Gasteiger partial charge is 0.353 e. The second-order valence-corrected chi connectivity index (χ2v) is 6.61. The standard InChI is InChI=1S/C18H21N5O3/c1-12-5-4-8-22(10-12)18-16(23(25)26)17(19-11-20-18)21-15-7-3-6-14(9-15)13(2)24/h3,6-7,9,11-12H,4-5,8,10H2,1-2H3,(H,19,20,21). The third kappa shape index (κ3) is 3.79. The summed E-state index contributed by atoms with van der Waals surface area (Å²) in [5.74, 6) is 0.844.